The van der Waals surface area contributed by atoms with Gasteiger partial charge in [0.25, 0.3) is 0 Å². The zero-order valence-electron chi connectivity index (χ0n) is 22.2. The van der Waals surface area contributed by atoms with Gasteiger partial charge in [0.05, 0.1) is 24.7 Å². The van der Waals surface area contributed by atoms with Gasteiger partial charge in [-0.25, -0.2) is 13.4 Å². The zero-order valence-corrected chi connectivity index (χ0v) is 23.0. The molecule has 2 aliphatic heterocycles. The van der Waals surface area contributed by atoms with Crippen LogP contribution in [0.3, 0.4) is 0 Å². The molecule has 6 rings (SSSR count). The summed E-state index contributed by atoms with van der Waals surface area (Å²) in [5.41, 5.74) is 10.5. The smallest absolute Gasteiger partial charge is 0.248 e. The van der Waals surface area contributed by atoms with Crippen LogP contribution < -0.4 is 10.5 Å². The van der Waals surface area contributed by atoms with Crippen molar-refractivity contribution in [1.82, 2.24) is 24.5 Å². The minimum atomic E-state index is -3.74. The monoisotopic (exact) mass is 562 g/mol. The van der Waals surface area contributed by atoms with Crippen molar-refractivity contribution in [2.75, 3.05) is 25.7 Å². The largest absolute Gasteiger partial charge is 0.497 e. The minimum absolute atomic E-state index is 0.0118. The van der Waals surface area contributed by atoms with Gasteiger partial charge in [-0.05, 0) is 56.0 Å². The van der Waals surface area contributed by atoms with Crippen molar-refractivity contribution in [3.63, 3.8) is 0 Å². The molecule has 0 aliphatic carbocycles. The van der Waals surface area contributed by atoms with Crippen LogP contribution in [-0.4, -0.2) is 76.0 Å². The van der Waals surface area contributed by atoms with Crippen molar-refractivity contribution in [3.05, 3.63) is 54.5 Å². The van der Waals surface area contributed by atoms with Gasteiger partial charge >= 0.3 is 0 Å². The first-order chi connectivity index (χ1) is 19.2. The maximum Gasteiger partial charge on any atom is 0.248 e. The van der Waals surface area contributed by atoms with Crippen molar-refractivity contribution in [2.24, 2.45) is 0 Å². The zero-order chi connectivity index (χ0) is 28.2. The molecule has 11 nitrogen and oxygen atoms in total. The van der Waals surface area contributed by atoms with Crippen molar-refractivity contribution in [2.45, 2.75) is 48.6 Å². The standard InChI is InChI=1S/C28H30N6O5S/c1-39-21-8-3-16(4-9-21)23-10-5-17(13-30-23)22-14-31-34-27(29)26(40(2,37)38)25(32-28(22)34)18-11-19-6-7-20(12-18)33(19)24(36)15-35/h3-5,8-10,13-14,18-20,35H,6-7,11-12,15,29H2,1-2H3. The molecule has 3 N–H and O–H groups in total. The van der Waals surface area contributed by atoms with E-state index in [1.54, 1.807) is 24.4 Å². The highest BCUT2D eigenvalue weighted by Crippen LogP contribution is 2.45. The molecule has 5 heterocycles. The number of rotatable bonds is 6. The topological polar surface area (TPSA) is 153 Å². The molecule has 4 aromatic rings. The van der Waals surface area contributed by atoms with E-state index < -0.39 is 16.4 Å². The van der Waals surface area contributed by atoms with Gasteiger partial charge in [0.1, 0.15) is 23.1 Å². The molecule has 40 heavy (non-hydrogen) atoms. The Bertz CT molecular complexity index is 1690. The summed E-state index contributed by atoms with van der Waals surface area (Å²) in [6.45, 7) is -0.534. The van der Waals surface area contributed by atoms with Crippen molar-refractivity contribution in [1.29, 1.82) is 0 Å². The predicted octanol–water partition coefficient (Wildman–Crippen LogP) is 2.68. The number of aromatic nitrogens is 4. The minimum Gasteiger partial charge on any atom is -0.497 e. The number of benzene rings is 1. The summed E-state index contributed by atoms with van der Waals surface area (Å²) in [5.74, 6) is 0.271. The van der Waals surface area contributed by atoms with Gasteiger partial charge in [-0.3, -0.25) is 9.78 Å². The molecular weight excluding hydrogens is 532 g/mol. The van der Waals surface area contributed by atoms with E-state index in [1.165, 1.54) is 4.52 Å². The van der Waals surface area contributed by atoms with E-state index >= 15 is 0 Å². The number of sulfone groups is 1. The SMILES string of the molecule is COc1ccc(-c2ccc(-c3cnn4c(N)c(S(C)(=O)=O)c(C5CC6CCC(C5)N6C(=O)CO)nc34)cn2)cc1. The number of methoxy groups -OCH3 is 1. The van der Waals surface area contributed by atoms with E-state index in [0.717, 1.165) is 41.7 Å². The Hall–Kier alpha value is -4.03. The lowest BCUT2D eigenvalue weighted by molar-refractivity contribution is -0.138. The number of amides is 1. The van der Waals surface area contributed by atoms with E-state index in [1.807, 2.05) is 36.4 Å². The van der Waals surface area contributed by atoms with Crippen molar-refractivity contribution < 1.29 is 23.1 Å². The van der Waals surface area contributed by atoms with E-state index in [4.69, 9.17) is 15.5 Å². The summed E-state index contributed by atoms with van der Waals surface area (Å²) in [6.07, 6.45) is 7.19. The van der Waals surface area contributed by atoms with Gasteiger partial charge in [0.2, 0.25) is 5.91 Å². The van der Waals surface area contributed by atoms with Gasteiger partial charge < -0.3 is 20.5 Å². The number of nitrogens with zero attached hydrogens (tertiary/aromatic N) is 5. The van der Waals surface area contributed by atoms with Crippen LogP contribution in [0.5, 0.6) is 5.75 Å². The number of aliphatic hydroxyl groups excluding tert-OH is 1. The fourth-order valence-corrected chi connectivity index (χ4v) is 7.31. The van der Waals surface area contributed by atoms with Crippen LogP contribution in [0.2, 0.25) is 0 Å². The van der Waals surface area contributed by atoms with Crippen LogP contribution in [0.4, 0.5) is 5.82 Å². The Labute approximate surface area is 231 Å². The second-order valence-corrected chi connectivity index (χ2v) is 12.4. The average molecular weight is 563 g/mol. The molecule has 2 atom stereocenters. The van der Waals surface area contributed by atoms with Gasteiger partial charge in [-0.15, -0.1) is 0 Å². The molecule has 3 aromatic heterocycles. The molecule has 1 amide bonds. The number of nitrogens with two attached hydrogens (primary N) is 1. The fraction of sp³-hybridized carbons (Fsp3) is 0.357. The number of anilines is 1. The van der Waals surface area contributed by atoms with E-state index in [9.17, 15) is 18.3 Å². The normalized spacial score (nSPS) is 20.7. The third-order valence-electron chi connectivity index (χ3n) is 8.04. The Morgan fingerprint density at radius 1 is 1.07 bits per heavy atom. The molecule has 1 aromatic carbocycles. The van der Waals surface area contributed by atoms with E-state index in [0.29, 0.717) is 29.7 Å². The average Bonchev–Trinajstić information content (AvgIpc) is 3.50. The number of hydrogen-bond acceptors (Lipinski definition) is 9. The predicted molar refractivity (Wildman–Crippen MR) is 148 cm³/mol. The van der Waals surface area contributed by atoms with Crippen LogP contribution in [0.15, 0.2) is 53.7 Å². The molecular formula is C28H30N6O5S. The van der Waals surface area contributed by atoms with Gasteiger partial charge in [-0.1, -0.05) is 6.07 Å². The summed E-state index contributed by atoms with van der Waals surface area (Å²) >= 11 is 0. The molecule has 208 valence electrons. The van der Waals surface area contributed by atoms with Crippen LogP contribution in [0, 0.1) is 0 Å². The second-order valence-electron chi connectivity index (χ2n) is 10.5. The number of pyridine rings is 1. The second kappa shape index (κ2) is 9.86. The Morgan fingerprint density at radius 2 is 1.75 bits per heavy atom. The first-order valence-electron chi connectivity index (χ1n) is 13.1. The lowest BCUT2D eigenvalue weighted by atomic mass is 9.87. The van der Waals surface area contributed by atoms with Crippen LogP contribution in [0.25, 0.3) is 28.0 Å². The maximum absolute atomic E-state index is 13.0. The summed E-state index contributed by atoms with van der Waals surface area (Å²) in [7, 11) is -2.12. The third kappa shape index (κ3) is 4.37. The number of fused-ring (bicyclic) bond motifs is 3. The molecule has 2 saturated heterocycles. The molecule has 0 spiro atoms. The molecule has 2 unspecified atom stereocenters. The summed E-state index contributed by atoms with van der Waals surface area (Å²) in [5, 5.41) is 13.8. The van der Waals surface area contributed by atoms with Crippen LogP contribution in [0.1, 0.15) is 37.3 Å². The Kier molecular flexibility index (Phi) is 6.46. The molecule has 0 radical (unpaired) electrons. The number of ether oxygens (including phenoxy) is 1. The number of hydrogen-bond donors (Lipinski definition) is 2. The van der Waals surface area contributed by atoms with Gasteiger partial charge in [0.15, 0.2) is 15.5 Å². The Morgan fingerprint density at radius 3 is 2.33 bits per heavy atom. The fourth-order valence-electron chi connectivity index (χ4n) is 6.25. The number of carbonyl (C=O) groups is 1. The maximum atomic E-state index is 13.0. The summed E-state index contributed by atoms with van der Waals surface area (Å²) in [4.78, 5) is 23.6. The van der Waals surface area contributed by atoms with Crippen molar-refractivity contribution in [3.8, 4) is 28.1 Å². The number of nitrogen functional groups attached to an aromatic ring is 1. The quantitative estimate of drug-likeness (QED) is 0.361. The number of aliphatic hydroxyl groups is 1. The van der Waals surface area contributed by atoms with Crippen molar-refractivity contribution >= 4 is 27.2 Å². The summed E-state index contributed by atoms with van der Waals surface area (Å²) in [6, 6.07) is 11.3. The highest BCUT2D eigenvalue weighted by atomic mass is 32.2. The third-order valence-corrected chi connectivity index (χ3v) is 9.20. The lowest BCUT2D eigenvalue weighted by Gasteiger charge is -2.39. The Balaban J connectivity index is 1.41. The lowest BCUT2D eigenvalue weighted by Crippen LogP contribution is -2.47. The van der Waals surface area contributed by atoms with E-state index in [-0.39, 0.29) is 34.6 Å². The van der Waals surface area contributed by atoms with Crippen LogP contribution in [-0.2, 0) is 14.6 Å². The molecule has 12 heteroatoms. The van der Waals surface area contributed by atoms with Crippen LogP contribution >= 0.6 is 0 Å². The molecule has 0 saturated carbocycles. The molecule has 2 fully saturated rings. The molecule has 2 aliphatic rings. The molecule has 2 bridgehead atoms. The van der Waals surface area contributed by atoms with Gasteiger partial charge in [-0.2, -0.15) is 9.61 Å². The number of piperidine rings is 1. The van der Waals surface area contributed by atoms with E-state index in [2.05, 4.69) is 10.1 Å². The highest BCUT2D eigenvalue weighted by Gasteiger charge is 2.45. The first kappa shape index (κ1) is 26.2. The summed E-state index contributed by atoms with van der Waals surface area (Å²) < 4.78 is 32.5. The first-order valence-corrected chi connectivity index (χ1v) is 15.0. The highest BCUT2D eigenvalue weighted by molar-refractivity contribution is 7.91. The van der Waals surface area contributed by atoms with Gasteiger partial charge in [0, 0.05) is 47.1 Å². The number of carbonyl (C=O) groups excluding carboxylic acids is 1.